The summed E-state index contributed by atoms with van der Waals surface area (Å²) in [6, 6.07) is 22.1. The Morgan fingerprint density at radius 3 is 2.17 bits per heavy atom. The number of benzene rings is 3. The predicted octanol–water partition coefficient (Wildman–Crippen LogP) is 5.86. The molecular weight excluding hydrogens is 619 g/mol. The van der Waals surface area contributed by atoms with E-state index in [1.54, 1.807) is 16.7 Å². The predicted molar refractivity (Wildman–Crippen MR) is 166 cm³/mol. The average molecular weight is 654 g/mol. The van der Waals surface area contributed by atoms with Crippen molar-refractivity contribution >= 4 is 11.5 Å². The van der Waals surface area contributed by atoms with Crippen molar-refractivity contribution in [2.24, 2.45) is 0 Å². The molecule has 3 aromatic carbocycles. The number of halogens is 3. The zero-order chi connectivity index (χ0) is 32.8. The number of aryl methyl sites for hydroxylation is 1. The van der Waals surface area contributed by atoms with Crippen molar-refractivity contribution in [3.05, 3.63) is 100 Å². The van der Waals surface area contributed by atoms with E-state index in [4.69, 9.17) is 14.2 Å². The summed E-state index contributed by atoms with van der Waals surface area (Å²) in [5.41, 5.74) is 3.18. The number of rotatable bonds is 12. The fourth-order valence-corrected chi connectivity index (χ4v) is 5.54. The van der Waals surface area contributed by atoms with Gasteiger partial charge in [0.1, 0.15) is 36.2 Å². The number of anilines is 1. The topological polar surface area (TPSA) is 104 Å². The van der Waals surface area contributed by atoms with Crippen LogP contribution in [0.5, 0.6) is 23.3 Å². The summed E-state index contributed by atoms with van der Waals surface area (Å²) in [5, 5.41) is 11.0. The van der Waals surface area contributed by atoms with Crippen molar-refractivity contribution in [1.82, 2.24) is 14.5 Å². The molecule has 2 aliphatic rings. The Balaban J connectivity index is 0.888. The van der Waals surface area contributed by atoms with Gasteiger partial charge in [-0.3, -0.25) is 9.47 Å². The van der Waals surface area contributed by atoms with Crippen molar-refractivity contribution in [2.45, 2.75) is 38.4 Å². The molecule has 0 amide bonds. The molecule has 0 aliphatic carbocycles. The van der Waals surface area contributed by atoms with Crippen molar-refractivity contribution in [3.63, 3.8) is 0 Å². The number of nitrogens with zero attached hydrogens (tertiary/aromatic N) is 5. The quantitative estimate of drug-likeness (QED) is 0.137. The van der Waals surface area contributed by atoms with Crippen LogP contribution in [0.15, 0.2) is 79.0 Å². The van der Waals surface area contributed by atoms with Gasteiger partial charge in [0, 0.05) is 62.8 Å². The minimum absolute atomic E-state index is 0.219. The van der Waals surface area contributed by atoms with Gasteiger partial charge in [-0.1, -0.05) is 24.3 Å². The van der Waals surface area contributed by atoms with Crippen LogP contribution in [0.3, 0.4) is 0 Å². The minimum Gasteiger partial charge on any atom is -0.493 e. The minimum atomic E-state index is -4.70. The Bertz CT molecular complexity index is 1620. The second-order valence-corrected chi connectivity index (χ2v) is 11.4. The molecule has 0 radical (unpaired) electrons. The van der Waals surface area contributed by atoms with E-state index in [9.17, 15) is 23.3 Å². The van der Waals surface area contributed by atoms with Gasteiger partial charge in [-0.25, -0.2) is 0 Å². The Morgan fingerprint density at radius 1 is 0.851 bits per heavy atom. The zero-order valence-corrected chi connectivity index (χ0v) is 25.5. The molecule has 0 N–H and O–H groups in total. The third-order valence-electron chi connectivity index (χ3n) is 8.03. The molecule has 14 heteroatoms. The van der Waals surface area contributed by atoms with Crippen molar-refractivity contribution < 1.29 is 37.0 Å². The molecule has 1 saturated heterocycles. The highest BCUT2D eigenvalue weighted by Crippen LogP contribution is 2.27. The van der Waals surface area contributed by atoms with Crippen LogP contribution in [-0.4, -0.2) is 71.2 Å². The zero-order valence-electron chi connectivity index (χ0n) is 25.5. The van der Waals surface area contributed by atoms with Crippen LogP contribution in [-0.2, 0) is 19.5 Å². The van der Waals surface area contributed by atoms with E-state index in [1.165, 1.54) is 23.9 Å². The lowest BCUT2D eigenvalue weighted by molar-refractivity contribution is -0.389. The van der Waals surface area contributed by atoms with Gasteiger partial charge in [0.15, 0.2) is 0 Å². The maximum Gasteiger partial charge on any atom is 0.573 e. The van der Waals surface area contributed by atoms with Crippen LogP contribution in [0.1, 0.15) is 17.5 Å². The fraction of sp³-hybridized carbons (Fsp3) is 0.364. The molecule has 1 unspecified atom stereocenters. The first-order valence-electron chi connectivity index (χ1n) is 15.3. The van der Waals surface area contributed by atoms with E-state index in [1.807, 2.05) is 24.3 Å². The third kappa shape index (κ3) is 8.85. The molecule has 248 valence electrons. The number of fused-ring (bicyclic) bond motifs is 1. The van der Waals surface area contributed by atoms with Gasteiger partial charge < -0.3 is 34.0 Å². The lowest BCUT2D eigenvalue weighted by Crippen LogP contribution is -2.45. The van der Waals surface area contributed by atoms with Gasteiger partial charge in [0.2, 0.25) is 0 Å². The standard InChI is InChI=1S/C33H34F3N5O6/c34-33(35,36)47-29-9-1-24(2-10-29)14-20-44-27-7-3-25(4-8-27)21-38-16-18-39(19-17-38)26-5-11-28(12-6-26)45-23-30-13-15-40-22-31(41(42)43)37-32(40)46-30/h1-12,22,30H,13-21,23H2. The molecule has 47 heavy (non-hydrogen) atoms. The molecule has 4 aromatic rings. The number of hydrogen-bond donors (Lipinski definition) is 0. The summed E-state index contributed by atoms with van der Waals surface area (Å²) in [4.78, 5) is 19.1. The monoisotopic (exact) mass is 653 g/mol. The van der Waals surface area contributed by atoms with Crippen LogP contribution in [0.2, 0.25) is 0 Å². The first-order valence-corrected chi connectivity index (χ1v) is 15.3. The molecule has 3 heterocycles. The first kappa shape index (κ1) is 32.0. The third-order valence-corrected chi connectivity index (χ3v) is 8.03. The maximum atomic E-state index is 12.3. The molecule has 1 fully saturated rings. The van der Waals surface area contributed by atoms with Gasteiger partial charge in [-0.05, 0) is 64.6 Å². The van der Waals surface area contributed by atoms with E-state index in [0.717, 1.165) is 55.5 Å². The van der Waals surface area contributed by atoms with E-state index >= 15 is 0 Å². The normalized spacial score (nSPS) is 16.7. The number of aromatic nitrogens is 2. The number of nitro groups is 1. The summed E-state index contributed by atoms with van der Waals surface area (Å²) < 4.78 is 60.1. The molecule has 0 spiro atoms. The van der Waals surface area contributed by atoms with Gasteiger partial charge in [-0.15, -0.1) is 13.2 Å². The molecule has 2 aliphatic heterocycles. The molecule has 0 bridgehead atoms. The van der Waals surface area contributed by atoms with E-state index < -0.39 is 11.3 Å². The number of hydrogen-bond acceptors (Lipinski definition) is 9. The SMILES string of the molecule is O=[N+]([O-])c1cn2c(n1)OC(COc1ccc(N3CCN(Cc4ccc(OCCc5ccc(OC(F)(F)F)cc5)cc4)CC3)cc1)CC2. The smallest absolute Gasteiger partial charge is 0.493 e. The van der Waals surface area contributed by atoms with Crippen LogP contribution in [0.25, 0.3) is 0 Å². The second-order valence-electron chi connectivity index (χ2n) is 11.4. The van der Waals surface area contributed by atoms with Crippen LogP contribution < -0.4 is 23.8 Å². The van der Waals surface area contributed by atoms with Crippen LogP contribution in [0, 0.1) is 10.1 Å². The summed E-state index contributed by atoms with van der Waals surface area (Å²) in [7, 11) is 0. The highest BCUT2D eigenvalue weighted by Gasteiger charge is 2.31. The molecule has 1 aromatic heterocycles. The van der Waals surface area contributed by atoms with Crippen molar-refractivity contribution in [1.29, 1.82) is 0 Å². The number of alkyl halides is 3. The summed E-state index contributed by atoms with van der Waals surface area (Å²) >= 11 is 0. The van der Waals surface area contributed by atoms with Crippen LogP contribution in [0.4, 0.5) is 24.7 Å². The number of piperazine rings is 1. The van der Waals surface area contributed by atoms with E-state index in [-0.39, 0.29) is 23.7 Å². The summed E-state index contributed by atoms with van der Waals surface area (Å²) in [5.74, 6) is 1.02. The molecule has 0 saturated carbocycles. The molecule has 11 nitrogen and oxygen atoms in total. The lowest BCUT2D eigenvalue weighted by Gasteiger charge is -2.36. The second kappa shape index (κ2) is 14.2. The van der Waals surface area contributed by atoms with E-state index in [0.29, 0.717) is 32.6 Å². The number of imidazole rings is 1. The average Bonchev–Trinajstić information content (AvgIpc) is 3.50. The van der Waals surface area contributed by atoms with Crippen LogP contribution >= 0.6 is 0 Å². The molecule has 1 atom stereocenters. The largest absolute Gasteiger partial charge is 0.573 e. The Labute approximate surface area is 269 Å². The Morgan fingerprint density at radius 2 is 1.49 bits per heavy atom. The van der Waals surface area contributed by atoms with Gasteiger partial charge >= 0.3 is 18.2 Å². The fourth-order valence-electron chi connectivity index (χ4n) is 5.54. The summed E-state index contributed by atoms with van der Waals surface area (Å²) in [6.07, 6.45) is -2.30. The van der Waals surface area contributed by atoms with Gasteiger partial charge in [0.05, 0.1) is 6.61 Å². The highest BCUT2D eigenvalue weighted by molar-refractivity contribution is 5.49. The highest BCUT2D eigenvalue weighted by atomic mass is 19.4. The lowest BCUT2D eigenvalue weighted by atomic mass is 10.1. The van der Waals surface area contributed by atoms with Gasteiger partial charge in [-0.2, -0.15) is 0 Å². The van der Waals surface area contributed by atoms with Crippen molar-refractivity contribution in [2.75, 3.05) is 44.3 Å². The maximum absolute atomic E-state index is 12.3. The van der Waals surface area contributed by atoms with Crippen molar-refractivity contribution in [3.8, 4) is 23.3 Å². The Kier molecular flexibility index (Phi) is 9.66. The summed E-state index contributed by atoms with van der Waals surface area (Å²) in [6.45, 7) is 5.82. The molecular formula is C33H34F3N5O6. The van der Waals surface area contributed by atoms with E-state index in [2.05, 4.69) is 43.8 Å². The first-order chi connectivity index (χ1) is 22.7. The molecule has 6 rings (SSSR count). The Hall–Kier alpha value is -4.98. The number of ether oxygens (including phenoxy) is 4. The van der Waals surface area contributed by atoms with Gasteiger partial charge in [0.25, 0.3) is 0 Å².